The van der Waals surface area contributed by atoms with Gasteiger partial charge in [0.15, 0.2) is 12.4 Å². The van der Waals surface area contributed by atoms with Gasteiger partial charge in [0.25, 0.3) is 0 Å². The smallest absolute Gasteiger partial charge is 0.306 e. The molecule has 9 heteroatoms. The van der Waals surface area contributed by atoms with Gasteiger partial charge in [0.2, 0.25) is 0 Å². The first kappa shape index (κ1) is 79.0. The Morgan fingerprint density at radius 1 is 0.361 bits per heavy atom. The first-order chi connectivity index (χ1) is 40.6. The van der Waals surface area contributed by atoms with Crippen LogP contribution in [0.5, 0.6) is 0 Å². The summed E-state index contributed by atoms with van der Waals surface area (Å²) in [5.74, 6) is -2.30. The van der Waals surface area contributed by atoms with Crippen molar-refractivity contribution in [3.8, 4) is 0 Å². The molecule has 0 aliphatic carbocycles. The van der Waals surface area contributed by atoms with Crippen molar-refractivity contribution in [3.63, 3.8) is 0 Å². The number of esters is 2. The Balaban J connectivity index is 4.05. The van der Waals surface area contributed by atoms with Crippen molar-refractivity contribution in [2.45, 2.75) is 296 Å². The lowest BCUT2D eigenvalue weighted by Gasteiger charge is -2.26. The van der Waals surface area contributed by atoms with Crippen LogP contribution in [0, 0.1) is 0 Å². The van der Waals surface area contributed by atoms with Crippen LogP contribution in [-0.2, 0) is 33.3 Å². The number of carbonyl (C=O) groups excluding carboxylic acids is 3. The third kappa shape index (κ3) is 65.3. The van der Waals surface area contributed by atoms with Gasteiger partial charge in [-0.25, -0.2) is 0 Å². The predicted molar refractivity (Wildman–Crippen MR) is 352 cm³/mol. The number of rotatable bonds is 62. The number of nitrogens with zero attached hydrogens (tertiary/aromatic N) is 1. The predicted octanol–water partition coefficient (Wildman–Crippen LogP) is 19.7. The molecule has 9 nitrogen and oxygen atoms in total. The van der Waals surface area contributed by atoms with Gasteiger partial charge in [-0.1, -0.05) is 284 Å². The van der Waals surface area contributed by atoms with Crippen LogP contribution in [0.4, 0.5) is 0 Å². The van der Waals surface area contributed by atoms with Gasteiger partial charge in [-0.05, 0) is 96.3 Å². The quantitative estimate of drug-likeness (QED) is 0.0195. The van der Waals surface area contributed by atoms with Crippen LogP contribution < -0.4 is 5.11 Å². The highest BCUT2D eigenvalue weighted by atomic mass is 16.7. The second-order valence-electron chi connectivity index (χ2n) is 23.7. The number of hydrogen-bond donors (Lipinski definition) is 0. The zero-order chi connectivity index (χ0) is 60.5. The van der Waals surface area contributed by atoms with Gasteiger partial charge in [-0.2, -0.15) is 0 Å². The molecular formula is C74H127NO8. The van der Waals surface area contributed by atoms with Gasteiger partial charge in [-0.15, -0.1) is 0 Å². The minimum Gasteiger partial charge on any atom is -0.545 e. The van der Waals surface area contributed by atoms with Crippen molar-refractivity contribution in [1.82, 2.24) is 0 Å². The lowest BCUT2D eigenvalue weighted by atomic mass is 10.0. The molecule has 0 amide bonds. The number of carboxylic acid groups (broad SMARTS) is 1. The van der Waals surface area contributed by atoms with E-state index in [-0.39, 0.29) is 38.6 Å². The molecular weight excluding hydrogens is 1030 g/mol. The van der Waals surface area contributed by atoms with E-state index in [1.165, 1.54) is 141 Å². The summed E-state index contributed by atoms with van der Waals surface area (Å²) >= 11 is 0. The molecule has 0 aliphatic heterocycles. The lowest BCUT2D eigenvalue weighted by molar-refractivity contribution is -0.870. The zero-order valence-corrected chi connectivity index (χ0v) is 54.3. The third-order valence-electron chi connectivity index (χ3n) is 14.5. The molecule has 0 saturated heterocycles. The molecule has 0 aliphatic rings. The highest BCUT2D eigenvalue weighted by Crippen LogP contribution is 2.17. The molecule has 0 aromatic heterocycles. The molecule has 476 valence electrons. The third-order valence-corrected chi connectivity index (χ3v) is 14.5. The van der Waals surface area contributed by atoms with E-state index in [4.69, 9.17) is 18.9 Å². The molecule has 0 heterocycles. The van der Waals surface area contributed by atoms with E-state index < -0.39 is 24.3 Å². The number of ether oxygens (including phenoxy) is 4. The summed E-state index contributed by atoms with van der Waals surface area (Å²) in [7, 11) is 5.92. The summed E-state index contributed by atoms with van der Waals surface area (Å²) in [6, 6.07) is 0. The van der Waals surface area contributed by atoms with Crippen molar-refractivity contribution < 1.29 is 42.9 Å². The average molecular weight is 1160 g/mol. The topological polar surface area (TPSA) is 111 Å². The first-order valence-electron chi connectivity index (χ1n) is 34.0. The molecule has 0 aromatic rings. The highest BCUT2D eigenvalue weighted by Gasteiger charge is 2.22. The Hall–Kier alpha value is -4.05. The molecule has 0 bridgehead atoms. The Kier molecular flexibility index (Phi) is 60.8. The summed E-state index contributed by atoms with van der Waals surface area (Å²) in [6.45, 7) is 4.51. The van der Waals surface area contributed by atoms with Gasteiger partial charge >= 0.3 is 11.9 Å². The standard InChI is InChI=1S/C74H127NO8/c1-6-8-10-12-14-16-18-20-22-24-26-28-29-30-31-32-33-34-35-36-37-38-39-40-41-42-43-45-46-48-50-52-54-56-58-60-62-64-71(76)81-68-70(69-82-74(73(78)79)80-67-66-75(3,4)5)83-72(77)65-63-61-59-57-55-53-51-49-47-44-27-25-23-21-19-17-15-13-11-9-7-2/h8-11,14-17,20-23,26-28,44,49,51,70,74H,6-7,12-13,18-19,24-25,29-43,45-48,50,52-69H2,1-5H3/b10-8-,11-9-,16-14-,17-15-,22-20-,23-21-,28-26-,44-27-,51-49-. The summed E-state index contributed by atoms with van der Waals surface area (Å²) < 4.78 is 22.7. The van der Waals surface area contributed by atoms with E-state index in [0.717, 1.165) is 109 Å². The van der Waals surface area contributed by atoms with Crippen molar-refractivity contribution >= 4 is 17.9 Å². The Bertz CT molecular complexity index is 1730. The number of aliphatic carboxylic acids is 1. The van der Waals surface area contributed by atoms with E-state index >= 15 is 0 Å². The van der Waals surface area contributed by atoms with Crippen LogP contribution in [-0.4, -0.2) is 82.3 Å². The lowest BCUT2D eigenvalue weighted by Crippen LogP contribution is -2.44. The second-order valence-corrected chi connectivity index (χ2v) is 23.7. The number of likely N-dealkylation sites (N-methyl/N-ethyl adjacent to an activating group) is 1. The SMILES string of the molecule is CC/C=C\C/C=C\C/C=C\C/C=C\C/C=C\CCCCCCCC(=O)OC(COC(=O)CCCCCCCCCCCCCCCCCCCCCCCCCC/C=C\C/C=C\C/C=C\C/C=C\CC)COC(OCC[N+](C)(C)C)C(=O)[O-]. The summed E-state index contributed by atoms with van der Waals surface area (Å²) in [6.07, 6.45) is 86.1. The maximum atomic E-state index is 12.9. The number of allylic oxidation sites excluding steroid dienone is 18. The molecule has 0 radical (unpaired) electrons. The fraction of sp³-hybridized carbons (Fsp3) is 0.716. The van der Waals surface area contributed by atoms with Crippen molar-refractivity contribution in [3.05, 3.63) is 109 Å². The summed E-state index contributed by atoms with van der Waals surface area (Å²) in [5, 5.41) is 11.8. The fourth-order valence-corrected chi connectivity index (χ4v) is 9.38. The number of hydrogen-bond acceptors (Lipinski definition) is 8. The van der Waals surface area contributed by atoms with Gasteiger partial charge in [-0.3, -0.25) is 9.59 Å². The maximum Gasteiger partial charge on any atom is 0.306 e. The second kappa shape index (κ2) is 64.0. The molecule has 83 heavy (non-hydrogen) atoms. The molecule has 0 rings (SSSR count). The van der Waals surface area contributed by atoms with Crippen LogP contribution in [0.15, 0.2) is 109 Å². The molecule has 0 N–H and O–H groups in total. The van der Waals surface area contributed by atoms with Crippen LogP contribution in [0.2, 0.25) is 0 Å². The van der Waals surface area contributed by atoms with Crippen molar-refractivity contribution in [1.29, 1.82) is 0 Å². The largest absolute Gasteiger partial charge is 0.545 e. The van der Waals surface area contributed by atoms with E-state index in [2.05, 4.69) is 123 Å². The van der Waals surface area contributed by atoms with Crippen LogP contribution in [0.1, 0.15) is 284 Å². The molecule has 0 fully saturated rings. The van der Waals surface area contributed by atoms with Gasteiger partial charge in [0.05, 0.1) is 40.3 Å². The number of carboxylic acids is 1. The summed E-state index contributed by atoms with van der Waals surface area (Å²) in [4.78, 5) is 37.4. The Morgan fingerprint density at radius 2 is 0.651 bits per heavy atom. The van der Waals surface area contributed by atoms with E-state index in [1.807, 2.05) is 21.1 Å². The normalized spacial score (nSPS) is 13.4. The van der Waals surface area contributed by atoms with E-state index in [9.17, 15) is 19.5 Å². The number of quaternary nitrogens is 1. The zero-order valence-electron chi connectivity index (χ0n) is 54.3. The molecule has 0 aromatic carbocycles. The van der Waals surface area contributed by atoms with E-state index in [1.54, 1.807) is 0 Å². The number of unbranched alkanes of at least 4 members (excludes halogenated alkanes) is 29. The molecule has 0 spiro atoms. The summed E-state index contributed by atoms with van der Waals surface area (Å²) in [5.41, 5.74) is 0. The van der Waals surface area contributed by atoms with Crippen LogP contribution in [0.3, 0.4) is 0 Å². The average Bonchev–Trinajstić information content (AvgIpc) is 3.46. The van der Waals surface area contributed by atoms with Crippen LogP contribution >= 0.6 is 0 Å². The molecule has 0 saturated carbocycles. The maximum absolute atomic E-state index is 12.9. The Morgan fingerprint density at radius 3 is 0.964 bits per heavy atom. The number of carbonyl (C=O) groups is 3. The van der Waals surface area contributed by atoms with E-state index in [0.29, 0.717) is 17.4 Å². The fourth-order valence-electron chi connectivity index (χ4n) is 9.38. The Labute approximate surface area is 511 Å². The molecule has 2 atom stereocenters. The van der Waals surface area contributed by atoms with Gasteiger partial charge in [0, 0.05) is 12.8 Å². The minimum atomic E-state index is -1.63. The monoisotopic (exact) mass is 1160 g/mol. The van der Waals surface area contributed by atoms with Crippen molar-refractivity contribution in [2.75, 3.05) is 47.5 Å². The van der Waals surface area contributed by atoms with Gasteiger partial charge < -0.3 is 33.3 Å². The minimum absolute atomic E-state index is 0.140. The molecule has 2 unspecified atom stereocenters. The highest BCUT2D eigenvalue weighted by molar-refractivity contribution is 5.70. The first-order valence-corrected chi connectivity index (χ1v) is 34.0. The van der Waals surface area contributed by atoms with Gasteiger partial charge in [0.1, 0.15) is 13.2 Å². The van der Waals surface area contributed by atoms with Crippen LogP contribution in [0.25, 0.3) is 0 Å². The van der Waals surface area contributed by atoms with Crippen molar-refractivity contribution in [2.24, 2.45) is 0 Å².